The fourth-order valence-electron chi connectivity index (χ4n) is 2.56. The molecule has 2 aromatic carbocycles. The van der Waals surface area contributed by atoms with Crippen LogP contribution in [0.2, 0.25) is 0 Å². The van der Waals surface area contributed by atoms with Crippen LogP contribution < -0.4 is 0 Å². The van der Waals surface area contributed by atoms with Gasteiger partial charge < -0.3 is 35.5 Å². The number of nitrogens with one attached hydrogen (secondary N) is 2. The van der Waals surface area contributed by atoms with Gasteiger partial charge in [0.05, 0.1) is 5.52 Å². The first kappa shape index (κ1) is 17.0. The molecular weight excluding hydrogens is 340 g/mol. The Kier molecular flexibility index (Phi) is 4.09. The normalized spacial score (nSPS) is 10.7. The molecule has 0 saturated heterocycles. The van der Waals surface area contributed by atoms with Gasteiger partial charge in [-0.3, -0.25) is 0 Å². The highest BCUT2D eigenvalue weighted by Gasteiger charge is 2.09. The summed E-state index contributed by atoms with van der Waals surface area (Å²) in [5, 5.41) is 46.8. The van der Waals surface area contributed by atoms with Crippen molar-refractivity contribution in [2.45, 2.75) is 6.92 Å². The van der Waals surface area contributed by atoms with Crippen molar-refractivity contribution in [1.29, 1.82) is 0 Å². The van der Waals surface area contributed by atoms with Gasteiger partial charge in [-0.15, -0.1) is 0 Å². The van der Waals surface area contributed by atoms with Crippen molar-refractivity contribution in [3.8, 4) is 23.0 Å². The first-order valence-corrected chi connectivity index (χ1v) is 7.54. The van der Waals surface area contributed by atoms with Crippen molar-refractivity contribution >= 4 is 27.8 Å². The molecule has 8 nitrogen and oxygen atoms in total. The maximum Gasteiger partial charge on any atom is 0.352 e. The molecule has 2 heterocycles. The van der Waals surface area contributed by atoms with E-state index in [0.717, 1.165) is 16.5 Å². The zero-order valence-corrected chi connectivity index (χ0v) is 13.6. The Balaban J connectivity index is 0.000000152. The van der Waals surface area contributed by atoms with Gasteiger partial charge in [0.15, 0.2) is 23.0 Å². The van der Waals surface area contributed by atoms with E-state index < -0.39 is 5.97 Å². The summed E-state index contributed by atoms with van der Waals surface area (Å²) in [6.07, 6.45) is 1.84. The molecule has 0 radical (unpaired) electrons. The molecule has 0 amide bonds. The quantitative estimate of drug-likeness (QED) is 0.260. The number of aromatic nitrogens is 2. The monoisotopic (exact) mass is 356 g/mol. The smallest absolute Gasteiger partial charge is 0.352 e. The van der Waals surface area contributed by atoms with Crippen molar-refractivity contribution in [2.75, 3.05) is 0 Å². The lowest BCUT2D eigenvalue weighted by Gasteiger charge is -1.97. The fourth-order valence-corrected chi connectivity index (χ4v) is 2.56. The first-order chi connectivity index (χ1) is 12.3. The number of carboxylic acid groups (broad SMARTS) is 1. The number of aryl methyl sites for hydroxylation is 1. The number of fused-ring (bicyclic) bond motifs is 2. The van der Waals surface area contributed by atoms with Gasteiger partial charge in [-0.1, -0.05) is 0 Å². The molecular formula is C18H16N2O6. The third-order valence-electron chi connectivity index (χ3n) is 3.93. The Morgan fingerprint density at radius 2 is 1.42 bits per heavy atom. The number of aromatic hydroxyl groups is 4. The van der Waals surface area contributed by atoms with E-state index in [0.29, 0.717) is 10.9 Å². The lowest BCUT2D eigenvalue weighted by atomic mass is 10.2. The van der Waals surface area contributed by atoms with Crippen LogP contribution in [-0.2, 0) is 0 Å². The average Bonchev–Trinajstić information content (AvgIpc) is 3.14. The van der Waals surface area contributed by atoms with Crippen LogP contribution in [0.15, 0.2) is 36.5 Å². The number of hydrogen-bond donors (Lipinski definition) is 7. The van der Waals surface area contributed by atoms with Gasteiger partial charge in [-0.25, -0.2) is 4.79 Å². The molecule has 0 saturated carbocycles. The molecule has 0 fully saturated rings. The summed E-state index contributed by atoms with van der Waals surface area (Å²) >= 11 is 0. The average molecular weight is 356 g/mol. The van der Waals surface area contributed by atoms with Crippen LogP contribution in [0.4, 0.5) is 0 Å². The van der Waals surface area contributed by atoms with Crippen molar-refractivity contribution in [1.82, 2.24) is 9.97 Å². The number of hydrogen-bond acceptors (Lipinski definition) is 5. The number of aromatic amines is 2. The van der Waals surface area contributed by atoms with E-state index in [1.54, 1.807) is 6.07 Å². The molecule has 2 aromatic heterocycles. The zero-order valence-electron chi connectivity index (χ0n) is 13.6. The van der Waals surface area contributed by atoms with Gasteiger partial charge in [-0.05, 0) is 30.7 Å². The number of phenols is 4. The van der Waals surface area contributed by atoms with E-state index in [1.807, 2.05) is 13.1 Å². The summed E-state index contributed by atoms with van der Waals surface area (Å²) in [7, 11) is 0. The number of phenolic OH excluding ortho intramolecular Hbond substituents is 4. The molecule has 26 heavy (non-hydrogen) atoms. The second kappa shape index (κ2) is 6.25. The third-order valence-corrected chi connectivity index (χ3v) is 3.93. The van der Waals surface area contributed by atoms with E-state index in [1.165, 1.54) is 24.3 Å². The van der Waals surface area contributed by atoms with Crippen LogP contribution in [-0.4, -0.2) is 41.5 Å². The molecule has 0 aliphatic rings. The minimum absolute atomic E-state index is 0.0185. The highest BCUT2D eigenvalue weighted by Crippen LogP contribution is 2.31. The Morgan fingerprint density at radius 3 is 2.08 bits per heavy atom. The lowest BCUT2D eigenvalue weighted by Crippen LogP contribution is -1.94. The van der Waals surface area contributed by atoms with E-state index in [9.17, 15) is 9.90 Å². The molecule has 0 bridgehead atoms. The summed E-state index contributed by atoms with van der Waals surface area (Å²) in [5.74, 6) is -1.81. The maximum atomic E-state index is 10.6. The highest BCUT2D eigenvalue weighted by molar-refractivity contribution is 5.94. The largest absolute Gasteiger partial charge is 0.504 e. The van der Waals surface area contributed by atoms with E-state index in [-0.39, 0.29) is 28.7 Å². The lowest BCUT2D eigenvalue weighted by molar-refractivity contribution is 0.0691. The van der Waals surface area contributed by atoms with E-state index >= 15 is 0 Å². The van der Waals surface area contributed by atoms with E-state index in [4.69, 9.17) is 20.4 Å². The van der Waals surface area contributed by atoms with Gasteiger partial charge in [-0.2, -0.15) is 0 Å². The Morgan fingerprint density at radius 1 is 0.846 bits per heavy atom. The Labute approximate surface area is 146 Å². The second-order valence-electron chi connectivity index (χ2n) is 5.77. The molecule has 0 spiro atoms. The summed E-state index contributed by atoms with van der Waals surface area (Å²) in [6, 6.07) is 7.02. The molecule has 4 rings (SSSR count). The van der Waals surface area contributed by atoms with Gasteiger partial charge in [0.1, 0.15) is 5.69 Å². The maximum absolute atomic E-state index is 10.6. The van der Waals surface area contributed by atoms with Crippen molar-refractivity contribution in [2.24, 2.45) is 0 Å². The number of carboxylic acids is 1. The minimum atomic E-state index is -1.08. The molecule has 7 N–H and O–H groups in total. The molecule has 0 atom stereocenters. The molecule has 0 aliphatic carbocycles. The molecule has 134 valence electrons. The standard InChI is InChI=1S/C9H7NO4.C9H9NO2/c11-7-2-4-1-6(9(13)14)10-5(4)3-8(7)12;1-5-4-10-7-3-9(12)8(11)2-6(5)7/h1-3,10-12H,(H,13,14);2-4,10-12H,1H3. The molecule has 4 aromatic rings. The fraction of sp³-hybridized carbons (Fsp3) is 0.0556. The molecule has 0 unspecified atom stereocenters. The Hall–Kier alpha value is -3.81. The first-order valence-electron chi connectivity index (χ1n) is 7.54. The third kappa shape index (κ3) is 3.07. The summed E-state index contributed by atoms with van der Waals surface area (Å²) in [5.41, 5.74) is 2.38. The van der Waals surface area contributed by atoms with Crippen LogP contribution in [0.5, 0.6) is 23.0 Å². The van der Waals surface area contributed by atoms with Gasteiger partial charge in [0, 0.05) is 34.6 Å². The SMILES string of the molecule is Cc1c[nH]c2cc(O)c(O)cc12.O=C(O)c1cc2cc(O)c(O)cc2[nH]1. The summed E-state index contributed by atoms with van der Waals surface area (Å²) < 4.78 is 0. The summed E-state index contributed by atoms with van der Waals surface area (Å²) in [4.78, 5) is 16.2. The van der Waals surface area contributed by atoms with Crippen LogP contribution in [0.25, 0.3) is 21.8 Å². The van der Waals surface area contributed by atoms with Crippen molar-refractivity contribution < 1.29 is 30.3 Å². The topological polar surface area (TPSA) is 150 Å². The van der Waals surface area contributed by atoms with Crippen LogP contribution >= 0.6 is 0 Å². The minimum Gasteiger partial charge on any atom is -0.504 e. The Bertz CT molecular complexity index is 1090. The number of aromatic carboxylic acids is 1. The molecule has 0 aliphatic heterocycles. The number of H-pyrrole nitrogens is 2. The predicted octanol–water partition coefficient (Wildman–Crippen LogP) is 3.16. The number of carbonyl (C=O) groups is 1. The van der Waals surface area contributed by atoms with Gasteiger partial charge >= 0.3 is 5.97 Å². The van der Waals surface area contributed by atoms with Crippen LogP contribution in [0.1, 0.15) is 16.1 Å². The van der Waals surface area contributed by atoms with Crippen molar-refractivity contribution in [3.05, 3.63) is 47.8 Å². The predicted molar refractivity (Wildman–Crippen MR) is 95.0 cm³/mol. The number of benzene rings is 2. The van der Waals surface area contributed by atoms with Gasteiger partial charge in [0.2, 0.25) is 0 Å². The second-order valence-corrected chi connectivity index (χ2v) is 5.77. The van der Waals surface area contributed by atoms with Crippen LogP contribution in [0, 0.1) is 6.92 Å². The zero-order chi connectivity index (χ0) is 19.0. The summed E-state index contributed by atoms with van der Waals surface area (Å²) in [6.45, 7) is 1.94. The van der Waals surface area contributed by atoms with Crippen LogP contribution in [0.3, 0.4) is 0 Å². The van der Waals surface area contributed by atoms with E-state index in [2.05, 4.69) is 9.97 Å². The van der Waals surface area contributed by atoms with Crippen molar-refractivity contribution in [3.63, 3.8) is 0 Å². The molecule has 8 heteroatoms. The highest BCUT2D eigenvalue weighted by atomic mass is 16.4. The van der Waals surface area contributed by atoms with Gasteiger partial charge in [0.25, 0.3) is 0 Å². The number of rotatable bonds is 1.